The Morgan fingerprint density at radius 2 is 1.95 bits per heavy atom. The highest BCUT2D eigenvalue weighted by molar-refractivity contribution is 7.80. The maximum absolute atomic E-state index is 15.1. The first-order valence-electron chi connectivity index (χ1n) is 11.7. The molecule has 0 bridgehead atoms. The van der Waals surface area contributed by atoms with Gasteiger partial charge in [-0.2, -0.15) is 0 Å². The molecule has 2 aromatic carbocycles. The second-order valence-electron chi connectivity index (χ2n) is 8.82. The van der Waals surface area contributed by atoms with Crippen molar-refractivity contribution in [3.05, 3.63) is 59.8 Å². The average molecular weight is 530 g/mol. The van der Waals surface area contributed by atoms with Crippen LogP contribution in [0.4, 0.5) is 25.0 Å². The molecule has 2 N–H and O–H groups in total. The minimum Gasteiger partial charge on any atom is -0.474 e. The van der Waals surface area contributed by atoms with Crippen LogP contribution < -0.4 is 15.1 Å². The number of carbonyl (C=O) groups is 2. The number of rotatable bonds is 5. The number of anilines is 2. The van der Waals surface area contributed by atoms with Gasteiger partial charge < -0.3 is 29.6 Å². The number of cyclic esters (lactones) is 1. The topological polar surface area (TPSA) is 90.1 Å². The smallest absolute Gasteiger partial charge is 0.414 e. The lowest BCUT2D eigenvalue weighted by molar-refractivity contribution is 0.0741. The Labute approximate surface area is 216 Å². The number of amides is 2. The third kappa shape index (κ3) is 5.15. The molecule has 2 aliphatic rings. The molecule has 3 aromatic rings. The standard InChI is InChI=1S/C25H25F2N5O4S/c1-35-24(37)28-13-18-14-32(25(34)36-18)17-3-5-22(19(27)12-17)30-6-8-31(9-7-30)23(33)21-11-15-10-16(26)2-4-20(15)29-21/h2-5,10-12,18,29H,6-9,13-14H2,1H3,(H,28,37)/t18-/m0/s1. The Hall–Kier alpha value is -3.93. The van der Waals surface area contributed by atoms with Gasteiger partial charge >= 0.3 is 6.09 Å². The molecule has 0 radical (unpaired) electrons. The summed E-state index contributed by atoms with van der Waals surface area (Å²) in [5.41, 5.74) is 1.87. The van der Waals surface area contributed by atoms with Gasteiger partial charge in [-0.15, -0.1) is 0 Å². The summed E-state index contributed by atoms with van der Waals surface area (Å²) in [6, 6.07) is 10.6. The fraction of sp³-hybridized carbons (Fsp3) is 0.320. The van der Waals surface area contributed by atoms with E-state index in [0.717, 1.165) is 0 Å². The Morgan fingerprint density at radius 3 is 2.68 bits per heavy atom. The Balaban J connectivity index is 1.20. The number of nitrogens with zero attached hydrogens (tertiary/aromatic N) is 3. The number of halogens is 2. The first-order chi connectivity index (χ1) is 17.8. The summed E-state index contributed by atoms with van der Waals surface area (Å²) in [4.78, 5) is 33.2. The van der Waals surface area contributed by atoms with Gasteiger partial charge in [-0.1, -0.05) is 0 Å². The molecule has 9 nitrogen and oxygen atoms in total. The molecule has 194 valence electrons. The van der Waals surface area contributed by atoms with E-state index >= 15 is 4.39 Å². The zero-order valence-electron chi connectivity index (χ0n) is 20.0. The van der Waals surface area contributed by atoms with Crippen molar-refractivity contribution in [1.82, 2.24) is 15.2 Å². The molecule has 2 saturated heterocycles. The molecule has 12 heteroatoms. The lowest BCUT2D eigenvalue weighted by Crippen LogP contribution is -2.49. The second kappa shape index (κ2) is 10.2. The van der Waals surface area contributed by atoms with Crippen LogP contribution in [-0.2, 0) is 9.47 Å². The van der Waals surface area contributed by atoms with Crippen LogP contribution in [0.25, 0.3) is 10.9 Å². The number of fused-ring (bicyclic) bond motifs is 1. The quantitative estimate of drug-likeness (QED) is 0.491. The van der Waals surface area contributed by atoms with Crippen LogP contribution >= 0.6 is 12.2 Å². The lowest BCUT2D eigenvalue weighted by Gasteiger charge is -2.36. The normalized spacial score (nSPS) is 17.8. The van der Waals surface area contributed by atoms with Crippen LogP contribution in [0, 0.1) is 11.6 Å². The molecule has 0 saturated carbocycles. The minimum atomic E-state index is -0.561. The summed E-state index contributed by atoms with van der Waals surface area (Å²) in [6.45, 7) is 2.22. The fourth-order valence-corrected chi connectivity index (χ4v) is 4.65. The van der Waals surface area contributed by atoms with Gasteiger partial charge in [0.25, 0.3) is 11.1 Å². The number of ether oxygens (including phenoxy) is 2. The molecule has 2 aliphatic heterocycles. The summed E-state index contributed by atoms with van der Waals surface area (Å²) >= 11 is 4.92. The predicted octanol–water partition coefficient (Wildman–Crippen LogP) is 3.25. The number of hydrogen-bond donors (Lipinski definition) is 2. The summed E-state index contributed by atoms with van der Waals surface area (Å²) in [5.74, 6) is -1.02. The van der Waals surface area contributed by atoms with Gasteiger partial charge in [-0.3, -0.25) is 9.69 Å². The molecule has 1 aromatic heterocycles. The van der Waals surface area contributed by atoms with E-state index in [9.17, 15) is 14.0 Å². The number of piperazine rings is 1. The van der Waals surface area contributed by atoms with E-state index in [2.05, 4.69) is 10.3 Å². The van der Waals surface area contributed by atoms with E-state index in [1.807, 2.05) is 4.90 Å². The van der Waals surface area contributed by atoms with Gasteiger partial charge in [-0.25, -0.2) is 13.6 Å². The van der Waals surface area contributed by atoms with Crippen molar-refractivity contribution < 1.29 is 27.8 Å². The third-order valence-electron chi connectivity index (χ3n) is 6.50. The molecule has 0 aliphatic carbocycles. The summed E-state index contributed by atoms with van der Waals surface area (Å²) < 4.78 is 38.8. The minimum absolute atomic E-state index is 0.185. The number of benzene rings is 2. The van der Waals surface area contributed by atoms with Crippen LogP contribution in [0.15, 0.2) is 42.5 Å². The van der Waals surface area contributed by atoms with Crippen LogP contribution in [0.3, 0.4) is 0 Å². The SMILES string of the molecule is COC(=S)NC[C@H]1CN(c2ccc(N3CCN(C(=O)c4cc5cc(F)ccc5[nH]4)CC3)c(F)c2)C(=O)O1. The number of nitrogens with one attached hydrogen (secondary N) is 2. The maximum atomic E-state index is 15.1. The highest BCUT2D eigenvalue weighted by Crippen LogP contribution is 2.29. The van der Waals surface area contributed by atoms with Gasteiger partial charge in [0.2, 0.25) is 0 Å². The van der Waals surface area contributed by atoms with Crippen molar-refractivity contribution in [2.24, 2.45) is 0 Å². The van der Waals surface area contributed by atoms with Gasteiger partial charge in [0.15, 0.2) is 0 Å². The molecule has 0 spiro atoms. The fourth-order valence-electron chi connectivity index (χ4n) is 4.57. The largest absolute Gasteiger partial charge is 0.474 e. The van der Waals surface area contributed by atoms with Crippen molar-refractivity contribution in [2.75, 3.05) is 56.2 Å². The van der Waals surface area contributed by atoms with E-state index in [4.69, 9.17) is 21.7 Å². The monoisotopic (exact) mass is 529 g/mol. The zero-order valence-corrected chi connectivity index (χ0v) is 20.8. The number of aromatic nitrogens is 1. The molecule has 2 fully saturated rings. The van der Waals surface area contributed by atoms with Gasteiger partial charge in [0.1, 0.15) is 23.4 Å². The molecule has 37 heavy (non-hydrogen) atoms. The van der Waals surface area contributed by atoms with E-state index in [0.29, 0.717) is 54.2 Å². The molecule has 1 atom stereocenters. The Kier molecular flexibility index (Phi) is 6.83. The van der Waals surface area contributed by atoms with Gasteiger partial charge in [0, 0.05) is 37.1 Å². The molecular weight excluding hydrogens is 504 g/mol. The number of hydrogen-bond acceptors (Lipinski definition) is 6. The second-order valence-corrected chi connectivity index (χ2v) is 9.19. The van der Waals surface area contributed by atoms with Gasteiger partial charge in [-0.05, 0) is 54.7 Å². The molecule has 0 unspecified atom stereocenters. The van der Waals surface area contributed by atoms with Crippen molar-refractivity contribution in [2.45, 2.75) is 6.10 Å². The average Bonchev–Trinajstić information content (AvgIpc) is 3.49. The van der Waals surface area contributed by atoms with Gasteiger partial charge in [0.05, 0.1) is 31.6 Å². The van der Waals surface area contributed by atoms with Crippen molar-refractivity contribution in [3.63, 3.8) is 0 Å². The van der Waals surface area contributed by atoms with Crippen molar-refractivity contribution in [1.29, 1.82) is 0 Å². The number of carbonyl (C=O) groups excluding carboxylic acids is 2. The number of H-pyrrole nitrogens is 1. The number of thiocarbonyl (C=S) groups is 1. The van der Waals surface area contributed by atoms with Crippen molar-refractivity contribution in [3.8, 4) is 0 Å². The van der Waals surface area contributed by atoms with E-state index < -0.39 is 18.0 Å². The summed E-state index contributed by atoms with van der Waals surface area (Å²) in [7, 11) is 1.44. The molecule has 3 heterocycles. The van der Waals surface area contributed by atoms with E-state index in [-0.39, 0.29) is 30.0 Å². The Morgan fingerprint density at radius 1 is 1.16 bits per heavy atom. The number of methoxy groups -OCH3 is 1. The third-order valence-corrected chi connectivity index (χ3v) is 6.81. The van der Waals surface area contributed by atoms with Crippen LogP contribution in [0.1, 0.15) is 10.5 Å². The lowest BCUT2D eigenvalue weighted by atomic mass is 10.2. The Bertz CT molecular complexity index is 1360. The zero-order chi connectivity index (χ0) is 26.1. The molecule has 5 rings (SSSR count). The summed E-state index contributed by atoms with van der Waals surface area (Å²) in [5, 5.41) is 3.67. The van der Waals surface area contributed by atoms with E-state index in [1.165, 1.54) is 30.2 Å². The van der Waals surface area contributed by atoms with E-state index in [1.54, 1.807) is 29.2 Å². The summed E-state index contributed by atoms with van der Waals surface area (Å²) in [6.07, 6.45) is -1.01. The van der Waals surface area contributed by atoms with Crippen LogP contribution in [-0.4, -0.2) is 79.5 Å². The maximum Gasteiger partial charge on any atom is 0.414 e. The molecular formula is C25H25F2N5O4S. The van der Waals surface area contributed by atoms with Crippen LogP contribution in [0.2, 0.25) is 0 Å². The molecule has 2 amide bonds. The first kappa shape index (κ1) is 24.8. The predicted molar refractivity (Wildman–Crippen MR) is 138 cm³/mol. The highest BCUT2D eigenvalue weighted by Gasteiger charge is 2.33. The first-order valence-corrected chi connectivity index (χ1v) is 12.1. The number of aromatic amines is 1. The van der Waals surface area contributed by atoms with Crippen molar-refractivity contribution >= 4 is 51.7 Å². The van der Waals surface area contributed by atoms with Crippen LogP contribution in [0.5, 0.6) is 0 Å². The highest BCUT2D eigenvalue weighted by atomic mass is 32.1.